The van der Waals surface area contributed by atoms with E-state index in [1.165, 1.54) is 30.6 Å². The van der Waals surface area contributed by atoms with Gasteiger partial charge >= 0.3 is 6.18 Å². The number of halogens is 5. The molecule has 30 heavy (non-hydrogen) atoms. The summed E-state index contributed by atoms with van der Waals surface area (Å²) < 4.78 is 72.2. The van der Waals surface area contributed by atoms with Crippen LogP contribution in [0, 0.1) is 16.8 Å². The molecule has 1 heterocycles. The van der Waals surface area contributed by atoms with E-state index in [-0.39, 0.29) is 24.4 Å². The van der Waals surface area contributed by atoms with Crippen molar-refractivity contribution < 1.29 is 31.4 Å². The maximum absolute atomic E-state index is 14.3. The number of hydrogen-bond donors (Lipinski definition) is 1. The van der Waals surface area contributed by atoms with E-state index in [1.54, 1.807) is 6.07 Å². The molecule has 1 fully saturated rings. The monoisotopic (exact) mass is 424 g/mol. The van der Waals surface area contributed by atoms with Gasteiger partial charge in [0, 0.05) is 35.0 Å². The summed E-state index contributed by atoms with van der Waals surface area (Å²) in [4.78, 5) is 0. The predicted octanol–water partition coefficient (Wildman–Crippen LogP) is 4.47. The topological polar surface area (TPSA) is 48.2 Å². The van der Waals surface area contributed by atoms with Gasteiger partial charge in [-0.05, 0) is 43.2 Å². The van der Waals surface area contributed by atoms with Crippen molar-refractivity contribution in [1.29, 1.82) is 0 Å². The highest BCUT2D eigenvalue weighted by molar-refractivity contribution is 5.84. The van der Waals surface area contributed by atoms with Crippen LogP contribution in [0.3, 0.4) is 0 Å². The fraction of sp³-hybridized carbons (Fsp3) is 0.286. The van der Waals surface area contributed by atoms with Crippen LogP contribution in [0.4, 0.5) is 22.0 Å². The van der Waals surface area contributed by atoms with Gasteiger partial charge in [-0.15, -0.1) is 0 Å². The van der Waals surface area contributed by atoms with Crippen LogP contribution in [-0.4, -0.2) is 12.1 Å². The van der Waals surface area contributed by atoms with Crippen molar-refractivity contribution >= 4 is 10.8 Å². The molecule has 3 aromatic rings. The maximum Gasteiger partial charge on any atom is 0.419 e. The molecular formula is C21H17F5N2O2. The van der Waals surface area contributed by atoms with Gasteiger partial charge in [0.2, 0.25) is 0 Å². The van der Waals surface area contributed by atoms with Gasteiger partial charge in [-0.2, -0.15) is 17.9 Å². The summed E-state index contributed by atoms with van der Waals surface area (Å²) in [5, 5.41) is 15.8. The summed E-state index contributed by atoms with van der Waals surface area (Å²) in [7, 11) is 0. The first-order valence-electron chi connectivity index (χ1n) is 9.27. The van der Waals surface area contributed by atoms with Crippen LogP contribution in [-0.2, 0) is 12.7 Å². The Kier molecular flexibility index (Phi) is 5.23. The molecule has 0 bridgehead atoms. The molecule has 0 aliphatic heterocycles. The number of nitrogens with one attached hydrogen (secondary N) is 1. The highest BCUT2D eigenvalue weighted by atomic mass is 19.4. The molecule has 1 aliphatic carbocycles. The molecule has 1 N–H and O–H groups in total. The zero-order chi connectivity index (χ0) is 21.5. The first kappa shape index (κ1) is 20.3. The van der Waals surface area contributed by atoms with Gasteiger partial charge in [-0.3, -0.25) is 0 Å². The van der Waals surface area contributed by atoms with Crippen LogP contribution in [0.5, 0.6) is 5.75 Å². The predicted molar refractivity (Wildman–Crippen MR) is 98.5 cm³/mol. The standard InChI is InChI=1S/C21H17F5N2O2/c22-19-3-1-12-11-28(29)6-5-16(12)17(19)10-27-13-7-15(8-13)30-14-2-4-20(23)18(9-14)21(24,25)26/h1-6,9,11,13,15,27H,7-8,10H2. The molecule has 158 valence electrons. The Morgan fingerprint density at radius 2 is 1.80 bits per heavy atom. The van der Waals surface area contributed by atoms with Gasteiger partial charge in [-0.1, -0.05) is 0 Å². The molecule has 0 amide bonds. The minimum atomic E-state index is -4.79. The Balaban J connectivity index is 1.35. The minimum Gasteiger partial charge on any atom is -0.619 e. The lowest BCUT2D eigenvalue weighted by molar-refractivity contribution is -0.603. The number of rotatable bonds is 5. The maximum atomic E-state index is 14.3. The van der Waals surface area contributed by atoms with Crippen molar-refractivity contribution in [3.63, 3.8) is 0 Å². The molecule has 4 nitrogen and oxygen atoms in total. The zero-order valence-corrected chi connectivity index (χ0v) is 15.5. The van der Waals surface area contributed by atoms with Crippen LogP contribution in [0.1, 0.15) is 24.0 Å². The fourth-order valence-corrected chi connectivity index (χ4v) is 3.54. The van der Waals surface area contributed by atoms with E-state index in [1.807, 2.05) is 0 Å². The van der Waals surface area contributed by atoms with Crippen LogP contribution >= 0.6 is 0 Å². The third-order valence-corrected chi connectivity index (χ3v) is 5.20. The van der Waals surface area contributed by atoms with Crippen molar-refractivity contribution in [2.24, 2.45) is 0 Å². The lowest BCUT2D eigenvalue weighted by Crippen LogP contribution is -2.46. The Labute approximate surface area is 168 Å². The second-order valence-electron chi connectivity index (χ2n) is 7.26. The van der Waals surface area contributed by atoms with E-state index in [4.69, 9.17) is 4.74 Å². The SMILES string of the molecule is [O-][n+]1ccc2c(CNC3CC(Oc4ccc(F)c(C(F)(F)F)c4)C3)c(F)ccc2c1. The Bertz CT molecular complexity index is 1080. The molecule has 1 saturated carbocycles. The quantitative estimate of drug-likeness (QED) is 0.374. The van der Waals surface area contributed by atoms with E-state index < -0.39 is 23.4 Å². The van der Waals surface area contributed by atoms with E-state index in [0.29, 0.717) is 40.0 Å². The van der Waals surface area contributed by atoms with Gasteiger partial charge in [0.05, 0.1) is 5.56 Å². The third-order valence-electron chi connectivity index (χ3n) is 5.20. The van der Waals surface area contributed by atoms with E-state index in [2.05, 4.69) is 5.32 Å². The van der Waals surface area contributed by atoms with E-state index in [9.17, 15) is 27.2 Å². The molecule has 0 unspecified atom stereocenters. The summed E-state index contributed by atoms with van der Waals surface area (Å²) in [5.74, 6) is -1.78. The van der Waals surface area contributed by atoms with Crippen LogP contribution in [0.15, 0.2) is 48.8 Å². The molecule has 4 rings (SSSR count). The van der Waals surface area contributed by atoms with E-state index >= 15 is 0 Å². The molecular weight excluding hydrogens is 407 g/mol. The summed E-state index contributed by atoms with van der Waals surface area (Å²) in [6, 6.07) is 6.96. The molecule has 0 saturated heterocycles. The summed E-state index contributed by atoms with van der Waals surface area (Å²) >= 11 is 0. The van der Waals surface area contributed by atoms with Gasteiger partial charge in [0.15, 0.2) is 12.4 Å². The highest BCUT2D eigenvalue weighted by Gasteiger charge is 2.35. The molecule has 0 radical (unpaired) electrons. The van der Waals surface area contributed by atoms with Crippen molar-refractivity contribution in [1.82, 2.24) is 5.32 Å². The first-order valence-corrected chi connectivity index (χ1v) is 9.27. The summed E-state index contributed by atoms with van der Waals surface area (Å²) in [5.41, 5.74) is -0.925. The third kappa shape index (κ3) is 4.16. The first-order chi connectivity index (χ1) is 14.2. The Hall–Kier alpha value is -2.94. The van der Waals surface area contributed by atoms with Crippen molar-refractivity contribution in [3.8, 4) is 5.75 Å². The molecule has 0 spiro atoms. The summed E-state index contributed by atoms with van der Waals surface area (Å²) in [6.07, 6.45) is -1.40. The van der Waals surface area contributed by atoms with Crippen molar-refractivity contribution in [2.45, 2.75) is 37.7 Å². The average molecular weight is 424 g/mol. The van der Waals surface area contributed by atoms with Crippen LogP contribution < -0.4 is 14.8 Å². The minimum absolute atomic E-state index is 0.000322. The number of benzene rings is 2. The number of aromatic nitrogens is 1. The van der Waals surface area contributed by atoms with Gasteiger partial charge in [-0.25, -0.2) is 8.78 Å². The lowest BCUT2D eigenvalue weighted by Gasteiger charge is -2.36. The second-order valence-corrected chi connectivity index (χ2v) is 7.26. The molecule has 1 aliphatic rings. The second kappa shape index (κ2) is 7.71. The highest BCUT2D eigenvalue weighted by Crippen LogP contribution is 2.35. The number of nitrogens with zero attached hydrogens (tertiary/aromatic N) is 1. The summed E-state index contributed by atoms with van der Waals surface area (Å²) in [6.45, 7) is 0.234. The van der Waals surface area contributed by atoms with Crippen molar-refractivity contribution in [2.75, 3.05) is 0 Å². The van der Waals surface area contributed by atoms with Crippen molar-refractivity contribution in [3.05, 3.63) is 76.8 Å². The normalized spacial score (nSPS) is 19.0. The fourth-order valence-electron chi connectivity index (χ4n) is 3.54. The molecule has 9 heteroatoms. The van der Waals surface area contributed by atoms with Crippen LogP contribution in [0.25, 0.3) is 10.8 Å². The average Bonchev–Trinajstić information content (AvgIpc) is 2.65. The number of pyridine rings is 1. The molecule has 0 atom stereocenters. The number of ether oxygens (including phenoxy) is 1. The Morgan fingerprint density at radius 1 is 1.07 bits per heavy atom. The lowest BCUT2D eigenvalue weighted by atomic mass is 9.89. The number of alkyl halides is 3. The van der Waals surface area contributed by atoms with E-state index in [0.717, 1.165) is 6.07 Å². The van der Waals surface area contributed by atoms with Crippen LogP contribution in [0.2, 0.25) is 0 Å². The smallest absolute Gasteiger partial charge is 0.419 e. The van der Waals surface area contributed by atoms with Gasteiger partial charge in [0.1, 0.15) is 23.5 Å². The molecule has 1 aromatic heterocycles. The molecule has 2 aromatic carbocycles. The van der Waals surface area contributed by atoms with Gasteiger partial charge < -0.3 is 15.3 Å². The zero-order valence-electron chi connectivity index (χ0n) is 15.5. The largest absolute Gasteiger partial charge is 0.619 e. The Morgan fingerprint density at radius 3 is 2.53 bits per heavy atom. The van der Waals surface area contributed by atoms with Gasteiger partial charge in [0.25, 0.3) is 0 Å². The number of hydrogen-bond acceptors (Lipinski definition) is 3. The number of fused-ring (bicyclic) bond motifs is 1.